The zero-order valence-corrected chi connectivity index (χ0v) is 16.5. The molecule has 0 saturated carbocycles. The van der Waals surface area contributed by atoms with Gasteiger partial charge in [-0.25, -0.2) is 0 Å². The molecule has 0 N–H and O–H groups in total. The molecule has 25 heavy (non-hydrogen) atoms. The number of rotatable bonds is 7. The van der Waals surface area contributed by atoms with E-state index in [0.29, 0.717) is 18.4 Å². The van der Waals surface area contributed by atoms with Gasteiger partial charge >= 0.3 is 5.97 Å². The summed E-state index contributed by atoms with van der Waals surface area (Å²) in [4.78, 5) is 23.0. The minimum Gasteiger partial charge on any atom is -0.465 e. The summed E-state index contributed by atoms with van der Waals surface area (Å²) in [6, 6.07) is 0. The van der Waals surface area contributed by atoms with Crippen LogP contribution in [0, 0.1) is 17.8 Å². The first-order chi connectivity index (χ1) is 11.8. The molecular formula is C22H34O3. The molecule has 0 amide bonds. The van der Waals surface area contributed by atoms with Gasteiger partial charge in [-0.3, -0.25) is 9.59 Å². The van der Waals surface area contributed by atoms with Gasteiger partial charge in [-0.1, -0.05) is 36.3 Å². The van der Waals surface area contributed by atoms with Crippen molar-refractivity contribution in [3.8, 4) is 0 Å². The van der Waals surface area contributed by atoms with Crippen molar-refractivity contribution in [3.05, 3.63) is 34.9 Å². The topological polar surface area (TPSA) is 43.4 Å². The molecule has 0 saturated heterocycles. The first kappa shape index (κ1) is 21.4. The van der Waals surface area contributed by atoms with Crippen LogP contribution >= 0.6 is 0 Å². The van der Waals surface area contributed by atoms with E-state index in [9.17, 15) is 9.59 Å². The molecule has 0 unspecified atom stereocenters. The van der Waals surface area contributed by atoms with Crippen LogP contribution in [0.3, 0.4) is 0 Å². The molecule has 3 nitrogen and oxygen atoms in total. The molecule has 0 aromatic heterocycles. The largest absolute Gasteiger partial charge is 0.465 e. The number of ether oxygens (including phenoxy) is 1. The molecule has 0 radical (unpaired) electrons. The molecule has 3 heteroatoms. The van der Waals surface area contributed by atoms with Gasteiger partial charge in [-0.2, -0.15) is 0 Å². The van der Waals surface area contributed by atoms with Crippen molar-refractivity contribution in [2.45, 2.75) is 66.7 Å². The van der Waals surface area contributed by atoms with Crippen LogP contribution in [0.25, 0.3) is 0 Å². The van der Waals surface area contributed by atoms with Crippen LogP contribution in [0.1, 0.15) is 66.7 Å². The van der Waals surface area contributed by atoms with Gasteiger partial charge < -0.3 is 4.74 Å². The zero-order chi connectivity index (χ0) is 18.8. The van der Waals surface area contributed by atoms with Gasteiger partial charge in [0, 0.05) is 12.8 Å². The lowest BCUT2D eigenvalue weighted by atomic mass is 9.74. The number of hydrogen-bond acceptors (Lipinski definition) is 3. The Morgan fingerprint density at radius 3 is 2.64 bits per heavy atom. The summed E-state index contributed by atoms with van der Waals surface area (Å²) in [5.74, 6) is 0.506. The van der Waals surface area contributed by atoms with Gasteiger partial charge in [0.05, 0.1) is 6.61 Å². The fourth-order valence-corrected chi connectivity index (χ4v) is 3.58. The SMILES string of the molecule is CC(=O)OC[C@H]1/C(C=O)=C\C/C=C(\C)CC[C@@H]1[C@@H](C)CCC=C(C)C. The molecule has 0 aromatic carbocycles. The highest BCUT2D eigenvalue weighted by atomic mass is 16.5. The number of carbonyl (C=O) groups is 2. The van der Waals surface area contributed by atoms with Gasteiger partial charge in [-0.15, -0.1) is 0 Å². The summed E-state index contributed by atoms with van der Waals surface area (Å²) in [5.41, 5.74) is 3.49. The van der Waals surface area contributed by atoms with E-state index in [-0.39, 0.29) is 11.9 Å². The van der Waals surface area contributed by atoms with E-state index in [0.717, 1.165) is 44.0 Å². The normalized spacial score (nSPS) is 26.6. The Kier molecular flexibility index (Phi) is 9.48. The van der Waals surface area contributed by atoms with E-state index in [1.54, 1.807) is 0 Å². The molecule has 0 aliphatic heterocycles. The van der Waals surface area contributed by atoms with Crippen LogP contribution in [0.4, 0.5) is 0 Å². The average Bonchev–Trinajstić information content (AvgIpc) is 2.61. The maximum Gasteiger partial charge on any atom is 0.302 e. The van der Waals surface area contributed by atoms with E-state index in [1.807, 2.05) is 6.08 Å². The third-order valence-electron chi connectivity index (χ3n) is 5.14. The molecule has 0 spiro atoms. The van der Waals surface area contributed by atoms with Gasteiger partial charge in [0.15, 0.2) is 0 Å². The summed E-state index contributed by atoms with van der Waals surface area (Å²) in [5, 5.41) is 0. The van der Waals surface area contributed by atoms with Crippen LogP contribution in [-0.4, -0.2) is 18.9 Å². The molecule has 3 atom stereocenters. The van der Waals surface area contributed by atoms with E-state index in [1.165, 1.54) is 18.1 Å². The van der Waals surface area contributed by atoms with Crippen molar-refractivity contribution in [1.82, 2.24) is 0 Å². The van der Waals surface area contributed by atoms with Crippen molar-refractivity contribution in [2.24, 2.45) is 17.8 Å². The van der Waals surface area contributed by atoms with Gasteiger partial charge in [0.25, 0.3) is 0 Å². The smallest absolute Gasteiger partial charge is 0.302 e. The number of allylic oxidation sites excluding steroid dienone is 5. The average molecular weight is 347 g/mol. The Hall–Kier alpha value is -1.64. The molecule has 1 aliphatic rings. The molecule has 0 fully saturated rings. The van der Waals surface area contributed by atoms with Crippen molar-refractivity contribution in [3.63, 3.8) is 0 Å². The van der Waals surface area contributed by atoms with E-state index < -0.39 is 0 Å². The second-order valence-electron chi connectivity index (χ2n) is 7.56. The highest BCUT2D eigenvalue weighted by Crippen LogP contribution is 2.35. The molecule has 140 valence electrons. The Morgan fingerprint density at radius 1 is 1.32 bits per heavy atom. The monoisotopic (exact) mass is 346 g/mol. The van der Waals surface area contributed by atoms with Gasteiger partial charge in [-0.05, 0) is 70.3 Å². The van der Waals surface area contributed by atoms with Crippen LogP contribution in [0.15, 0.2) is 34.9 Å². The quantitative estimate of drug-likeness (QED) is 0.351. The molecule has 0 heterocycles. The number of aldehydes is 1. The summed E-state index contributed by atoms with van der Waals surface area (Å²) < 4.78 is 5.33. The van der Waals surface area contributed by atoms with Crippen LogP contribution in [0.2, 0.25) is 0 Å². The standard InChI is InChI=1S/C22H34O3/c1-16(2)8-6-10-18(4)21-13-12-17(3)9-7-11-20(14-23)22(21)15-25-19(5)24/h8-9,11,14,18,21-22H,6-7,10,12-13,15H2,1-5H3/b17-9+,20-11-/t18-,21+,22-/m0/s1. The van der Waals surface area contributed by atoms with Gasteiger partial charge in [0.2, 0.25) is 0 Å². The Bertz CT molecular complexity index is 535. The highest BCUT2D eigenvalue weighted by molar-refractivity contribution is 5.74. The van der Waals surface area contributed by atoms with Gasteiger partial charge in [0.1, 0.15) is 6.29 Å². The van der Waals surface area contributed by atoms with Crippen molar-refractivity contribution < 1.29 is 14.3 Å². The Balaban J connectivity index is 3.03. The van der Waals surface area contributed by atoms with Crippen molar-refractivity contribution in [1.29, 1.82) is 0 Å². The van der Waals surface area contributed by atoms with E-state index >= 15 is 0 Å². The Morgan fingerprint density at radius 2 is 2.04 bits per heavy atom. The summed E-state index contributed by atoms with van der Waals surface area (Å²) in [7, 11) is 0. The van der Waals surface area contributed by atoms with Crippen LogP contribution in [-0.2, 0) is 14.3 Å². The van der Waals surface area contributed by atoms with Crippen LogP contribution < -0.4 is 0 Å². The number of hydrogen-bond donors (Lipinski definition) is 0. The predicted molar refractivity (Wildman–Crippen MR) is 103 cm³/mol. The third kappa shape index (κ3) is 7.85. The molecule has 0 aromatic rings. The maximum absolute atomic E-state index is 11.7. The second kappa shape index (κ2) is 11.1. The summed E-state index contributed by atoms with van der Waals surface area (Å²) in [6.07, 6.45) is 12.4. The van der Waals surface area contributed by atoms with Crippen molar-refractivity contribution in [2.75, 3.05) is 6.61 Å². The highest BCUT2D eigenvalue weighted by Gasteiger charge is 2.30. The Labute approximate surface area is 153 Å². The summed E-state index contributed by atoms with van der Waals surface area (Å²) in [6.45, 7) is 10.4. The fraction of sp³-hybridized carbons (Fsp3) is 0.636. The maximum atomic E-state index is 11.7. The number of carbonyl (C=O) groups excluding carboxylic acids is 2. The molecule has 1 aliphatic carbocycles. The lowest BCUT2D eigenvalue weighted by Gasteiger charge is -2.32. The molecular weight excluding hydrogens is 312 g/mol. The lowest BCUT2D eigenvalue weighted by Crippen LogP contribution is -2.29. The molecule has 1 rings (SSSR count). The zero-order valence-electron chi connectivity index (χ0n) is 16.5. The predicted octanol–water partition coefficient (Wildman–Crippen LogP) is 5.42. The van der Waals surface area contributed by atoms with Crippen molar-refractivity contribution >= 4 is 12.3 Å². The minimum atomic E-state index is -0.282. The summed E-state index contributed by atoms with van der Waals surface area (Å²) >= 11 is 0. The van der Waals surface area contributed by atoms with E-state index in [2.05, 4.69) is 39.8 Å². The minimum absolute atomic E-state index is 0.0117. The molecule has 0 bridgehead atoms. The van der Waals surface area contributed by atoms with E-state index in [4.69, 9.17) is 4.74 Å². The first-order valence-electron chi connectivity index (χ1n) is 9.42. The number of esters is 1. The lowest BCUT2D eigenvalue weighted by molar-refractivity contribution is -0.142. The third-order valence-corrected chi connectivity index (χ3v) is 5.14. The second-order valence-corrected chi connectivity index (χ2v) is 7.56. The fourth-order valence-electron chi connectivity index (χ4n) is 3.58. The first-order valence-corrected chi connectivity index (χ1v) is 9.42. The van der Waals surface area contributed by atoms with Crippen LogP contribution in [0.5, 0.6) is 0 Å².